The van der Waals surface area contributed by atoms with Crippen LogP contribution in [0.1, 0.15) is 29.9 Å². The number of nitrogens with one attached hydrogen (secondary N) is 1. The zero-order valence-corrected chi connectivity index (χ0v) is 15.0. The average Bonchev–Trinajstić information content (AvgIpc) is 3.16. The quantitative estimate of drug-likeness (QED) is 0.731. The summed E-state index contributed by atoms with van der Waals surface area (Å²) >= 11 is 1.66. The Morgan fingerprint density at radius 1 is 1.25 bits per heavy atom. The molecule has 2 heterocycles. The second-order valence-electron chi connectivity index (χ2n) is 6.24. The summed E-state index contributed by atoms with van der Waals surface area (Å²) in [6.07, 6.45) is 0. The van der Waals surface area contributed by atoms with Crippen molar-refractivity contribution in [2.24, 2.45) is 5.92 Å². The maximum absolute atomic E-state index is 12.6. The standard InChI is InChI=1S/C19H22N2O2S/c1-13(2)11-20-19(22)17-10-18-16(8-9-24-18)21(17)12-14-4-6-15(23-3)7-5-14/h4-10,13H,11-12H2,1-3H3,(H,20,22). The fourth-order valence-electron chi connectivity index (χ4n) is 2.64. The monoisotopic (exact) mass is 342 g/mol. The zero-order valence-electron chi connectivity index (χ0n) is 14.2. The molecule has 24 heavy (non-hydrogen) atoms. The lowest BCUT2D eigenvalue weighted by molar-refractivity contribution is 0.0940. The van der Waals surface area contributed by atoms with Gasteiger partial charge in [-0.2, -0.15) is 0 Å². The van der Waals surface area contributed by atoms with Crippen LogP contribution >= 0.6 is 11.3 Å². The molecule has 1 amide bonds. The summed E-state index contributed by atoms with van der Waals surface area (Å²) in [6, 6.07) is 12.0. The first-order chi connectivity index (χ1) is 11.6. The highest BCUT2D eigenvalue weighted by molar-refractivity contribution is 7.17. The molecule has 0 atom stereocenters. The predicted molar refractivity (Wildman–Crippen MR) is 99.1 cm³/mol. The minimum Gasteiger partial charge on any atom is -0.497 e. The molecule has 0 aliphatic carbocycles. The number of amides is 1. The molecule has 3 rings (SSSR count). The van der Waals surface area contributed by atoms with Gasteiger partial charge in [-0.05, 0) is 41.1 Å². The van der Waals surface area contributed by atoms with Crippen LogP contribution in [0.4, 0.5) is 0 Å². The summed E-state index contributed by atoms with van der Waals surface area (Å²) in [5.41, 5.74) is 2.95. The number of rotatable bonds is 6. The summed E-state index contributed by atoms with van der Waals surface area (Å²) in [6.45, 7) is 5.53. The maximum Gasteiger partial charge on any atom is 0.267 e. The molecular weight excluding hydrogens is 320 g/mol. The Bertz CT molecular complexity index is 831. The van der Waals surface area contributed by atoms with Crippen LogP contribution < -0.4 is 10.1 Å². The summed E-state index contributed by atoms with van der Waals surface area (Å²) in [7, 11) is 1.66. The van der Waals surface area contributed by atoms with E-state index in [4.69, 9.17) is 4.74 Å². The first-order valence-corrected chi connectivity index (χ1v) is 8.94. The van der Waals surface area contributed by atoms with Gasteiger partial charge in [0.2, 0.25) is 0 Å². The van der Waals surface area contributed by atoms with Gasteiger partial charge >= 0.3 is 0 Å². The van der Waals surface area contributed by atoms with E-state index in [1.165, 1.54) is 0 Å². The molecule has 3 aromatic rings. The van der Waals surface area contributed by atoms with E-state index in [1.807, 2.05) is 30.3 Å². The number of carbonyl (C=O) groups is 1. The van der Waals surface area contributed by atoms with E-state index in [2.05, 4.69) is 35.2 Å². The minimum atomic E-state index is -0.0133. The number of ether oxygens (including phenoxy) is 1. The van der Waals surface area contributed by atoms with Gasteiger partial charge in [-0.15, -0.1) is 11.3 Å². The summed E-state index contributed by atoms with van der Waals surface area (Å²) in [5.74, 6) is 1.25. The van der Waals surface area contributed by atoms with Crippen LogP contribution in [0, 0.1) is 5.92 Å². The molecular formula is C19H22N2O2S. The lowest BCUT2D eigenvalue weighted by Crippen LogP contribution is -2.29. The number of aromatic nitrogens is 1. The predicted octanol–water partition coefficient (Wildman–Crippen LogP) is 4.15. The van der Waals surface area contributed by atoms with E-state index in [9.17, 15) is 4.79 Å². The van der Waals surface area contributed by atoms with Crippen LogP contribution in [0.5, 0.6) is 5.75 Å². The Balaban J connectivity index is 1.90. The van der Waals surface area contributed by atoms with Crippen molar-refractivity contribution in [3.63, 3.8) is 0 Å². The molecule has 0 saturated carbocycles. The van der Waals surface area contributed by atoms with Gasteiger partial charge in [0.25, 0.3) is 5.91 Å². The summed E-state index contributed by atoms with van der Waals surface area (Å²) in [5, 5.41) is 5.08. The van der Waals surface area contributed by atoms with Crippen LogP contribution in [0.15, 0.2) is 41.8 Å². The minimum absolute atomic E-state index is 0.0133. The molecule has 2 aromatic heterocycles. The van der Waals surface area contributed by atoms with Crippen LogP contribution in [0.25, 0.3) is 10.2 Å². The largest absolute Gasteiger partial charge is 0.497 e. The van der Waals surface area contributed by atoms with Gasteiger partial charge in [-0.25, -0.2) is 0 Å². The highest BCUT2D eigenvalue weighted by Gasteiger charge is 2.16. The number of hydrogen-bond acceptors (Lipinski definition) is 3. The van der Waals surface area contributed by atoms with Crippen LogP contribution in [0.3, 0.4) is 0 Å². The molecule has 1 aromatic carbocycles. The first-order valence-electron chi connectivity index (χ1n) is 8.06. The third kappa shape index (κ3) is 3.46. The van der Waals surface area contributed by atoms with Crippen molar-refractivity contribution in [3.05, 3.63) is 53.0 Å². The number of methoxy groups -OCH3 is 1. The van der Waals surface area contributed by atoms with Crippen molar-refractivity contribution >= 4 is 27.5 Å². The van der Waals surface area contributed by atoms with Crippen LogP contribution in [0.2, 0.25) is 0 Å². The Hall–Kier alpha value is -2.27. The number of nitrogens with zero attached hydrogens (tertiary/aromatic N) is 1. The van der Waals surface area contributed by atoms with Crippen molar-refractivity contribution in [2.45, 2.75) is 20.4 Å². The summed E-state index contributed by atoms with van der Waals surface area (Å²) < 4.78 is 8.43. The van der Waals surface area contributed by atoms with Crippen molar-refractivity contribution in [3.8, 4) is 5.75 Å². The Morgan fingerprint density at radius 3 is 2.67 bits per heavy atom. The lowest BCUT2D eigenvalue weighted by atomic mass is 10.2. The molecule has 0 aliphatic rings. The molecule has 0 fully saturated rings. The molecule has 0 radical (unpaired) electrons. The van der Waals surface area contributed by atoms with Gasteiger partial charge in [-0.3, -0.25) is 4.79 Å². The van der Waals surface area contributed by atoms with Gasteiger partial charge in [0.05, 0.1) is 17.3 Å². The molecule has 5 heteroatoms. The average molecular weight is 342 g/mol. The molecule has 1 N–H and O–H groups in total. The number of fused-ring (bicyclic) bond motifs is 1. The van der Waals surface area contributed by atoms with Gasteiger partial charge in [0.1, 0.15) is 11.4 Å². The van der Waals surface area contributed by atoms with E-state index >= 15 is 0 Å². The van der Waals surface area contributed by atoms with Crippen molar-refractivity contribution in [1.29, 1.82) is 0 Å². The van der Waals surface area contributed by atoms with Gasteiger partial charge < -0.3 is 14.6 Å². The first kappa shape index (κ1) is 16.6. The number of benzene rings is 1. The second kappa shape index (κ2) is 7.09. The SMILES string of the molecule is COc1ccc(Cn2c(C(=O)NCC(C)C)cc3sccc32)cc1. The van der Waals surface area contributed by atoms with Crippen molar-refractivity contribution < 1.29 is 9.53 Å². The third-order valence-corrected chi connectivity index (χ3v) is 4.78. The maximum atomic E-state index is 12.6. The third-order valence-electron chi connectivity index (χ3n) is 3.93. The van der Waals surface area contributed by atoms with E-state index in [0.29, 0.717) is 24.7 Å². The van der Waals surface area contributed by atoms with Gasteiger partial charge in [-0.1, -0.05) is 26.0 Å². The molecule has 0 aliphatic heterocycles. The fourth-order valence-corrected chi connectivity index (χ4v) is 3.46. The molecule has 126 valence electrons. The molecule has 0 bridgehead atoms. The van der Waals surface area contributed by atoms with Crippen molar-refractivity contribution in [1.82, 2.24) is 9.88 Å². The number of hydrogen-bond donors (Lipinski definition) is 1. The van der Waals surface area contributed by atoms with E-state index in [0.717, 1.165) is 21.5 Å². The second-order valence-corrected chi connectivity index (χ2v) is 7.19. The number of carbonyl (C=O) groups excluding carboxylic acids is 1. The molecule has 4 nitrogen and oxygen atoms in total. The molecule has 0 spiro atoms. The molecule has 0 saturated heterocycles. The Morgan fingerprint density at radius 2 is 2.00 bits per heavy atom. The normalized spacial score (nSPS) is 11.2. The fraction of sp³-hybridized carbons (Fsp3) is 0.316. The Labute approximate surface area is 146 Å². The van der Waals surface area contributed by atoms with Gasteiger partial charge in [0, 0.05) is 13.1 Å². The highest BCUT2D eigenvalue weighted by Crippen LogP contribution is 2.26. The topological polar surface area (TPSA) is 43.3 Å². The lowest BCUT2D eigenvalue weighted by Gasteiger charge is -2.12. The highest BCUT2D eigenvalue weighted by atomic mass is 32.1. The van der Waals surface area contributed by atoms with Crippen molar-refractivity contribution in [2.75, 3.05) is 13.7 Å². The zero-order chi connectivity index (χ0) is 17.1. The van der Waals surface area contributed by atoms with E-state index < -0.39 is 0 Å². The smallest absolute Gasteiger partial charge is 0.267 e. The Kier molecular flexibility index (Phi) is 4.90. The van der Waals surface area contributed by atoms with E-state index in [1.54, 1.807) is 18.4 Å². The summed E-state index contributed by atoms with van der Waals surface area (Å²) in [4.78, 5) is 12.6. The van der Waals surface area contributed by atoms with Crippen LogP contribution in [-0.2, 0) is 6.54 Å². The van der Waals surface area contributed by atoms with Crippen LogP contribution in [-0.4, -0.2) is 24.1 Å². The molecule has 0 unspecified atom stereocenters. The van der Waals surface area contributed by atoms with Gasteiger partial charge in [0.15, 0.2) is 0 Å². The number of thiophene rings is 1. The van der Waals surface area contributed by atoms with E-state index in [-0.39, 0.29) is 5.91 Å².